The van der Waals surface area contributed by atoms with Crippen molar-refractivity contribution in [2.75, 3.05) is 19.1 Å². The van der Waals surface area contributed by atoms with Crippen molar-refractivity contribution < 1.29 is 4.74 Å². The van der Waals surface area contributed by atoms with E-state index in [2.05, 4.69) is 85.7 Å². The summed E-state index contributed by atoms with van der Waals surface area (Å²) in [5, 5.41) is 6.79. The van der Waals surface area contributed by atoms with Gasteiger partial charge in [-0.05, 0) is 53.8 Å². The highest BCUT2D eigenvalue weighted by atomic mass is 16.5. The van der Waals surface area contributed by atoms with E-state index in [1.807, 2.05) is 12.1 Å². The summed E-state index contributed by atoms with van der Waals surface area (Å²) in [7, 11) is 1.71. The zero-order valence-corrected chi connectivity index (χ0v) is 16.9. The molecular weight excluding hydrogens is 344 g/mol. The van der Waals surface area contributed by atoms with Crippen LogP contribution in [0.5, 0.6) is 5.75 Å². The lowest BCUT2D eigenvalue weighted by atomic mass is 10.0. The average molecular weight is 373 g/mol. The van der Waals surface area contributed by atoms with E-state index in [4.69, 9.17) is 4.74 Å². The van der Waals surface area contributed by atoms with Gasteiger partial charge in [0.25, 0.3) is 0 Å². The number of aryl methyl sites for hydroxylation is 2. The second-order valence-corrected chi connectivity index (χ2v) is 6.78. The molecule has 3 heteroatoms. The Labute approximate surface area is 168 Å². The van der Waals surface area contributed by atoms with Crippen LogP contribution in [0.4, 0.5) is 5.69 Å². The monoisotopic (exact) mass is 372 g/mol. The highest BCUT2D eigenvalue weighted by molar-refractivity contribution is 5.69. The predicted molar refractivity (Wildman–Crippen MR) is 120 cm³/mol. The number of methoxy groups -OCH3 is 1. The molecule has 0 radical (unpaired) electrons. The molecular formula is C25H28N2O. The fraction of sp³-hybridized carbons (Fsp3) is 0.200. The number of rotatable bonds is 8. The lowest BCUT2D eigenvalue weighted by Gasteiger charge is -2.16. The van der Waals surface area contributed by atoms with Crippen LogP contribution in [-0.4, -0.2) is 13.8 Å². The second kappa shape index (κ2) is 9.14. The molecule has 3 nitrogen and oxygen atoms in total. The molecule has 0 aliphatic rings. The lowest BCUT2D eigenvalue weighted by Crippen LogP contribution is -2.20. The van der Waals surface area contributed by atoms with E-state index in [1.165, 1.54) is 22.3 Å². The number of benzene rings is 3. The Kier molecular flexibility index (Phi) is 6.38. The second-order valence-electron chi connectivity index (χ2n) is 6.78. The first-order valence-corrected chi connectivity index (χ1v) is 9.62. The molecule has 0 bridgehead atoms. The fourth-order valence-corrected chi connectivity index (χ4v) is 3.24. The largest absolute Gasteiger partial charge is 0.496 e. The summed E-state index contributed by atoms with van der Waals surface area (Å²) >= 11 is 0. The maximum atomic E-state index is 5.48. The van der Waals surface area contributed by atoms with E-state index >= 15 is 0 Å². The quantitative estimate of drug-likeness (QED) is 0.486. The Hall–Kier alpha value is -3.20. The van der Waals surface area contributed by atoms with Crippen LogP contribution in [-0.2, 0) is 6.42 Å². The van der Waals surface area contributed by atoms with Crippen molar-refractivity contribution in [2.24, 2.45) is 0 Å². The van der Waals surface area contributed by atoms with E-state index < -0.39 is 0 Å². The summed E-state index contributed by atoms with van der Waals surface area (Å²) < 4.78 is 5.48. The highest BCUT2D eigenvalue weighted by Crippen LogP contribution is 2.25. The molecule has 0 spiro atoms. The van der Waals surface area contributed by atoms with E-state index in [0.717, 1.165) is 29.1 Å². The van der Waals surface area contributed by atoms with Gasteiger partial charge >= 0.3 is 0 Å². The minimum atomic E-state index is 0.599. The molecule has 3 aromatic carbocycles. The van der Waals surface area contributed by atoms with Crippen LogP contribution in [0.15, 0.2) is 73.3 Å². The molecule has 0 aliphatic heterocycles. The molecule has 3 rings (SSSR count). The van der Waals surface area contributed by atoms with E-state index in [-0.39, 0.29) is 0 Å². The summed E-state index contributed by atoms with van der Waals surface area (Å²) in [5.74, 6) is 0.906. The third kappa shape index (κ3) is 4.55. The first-order chi connectivity index (χ1) is 13.6. The van der Waals surface area contributed by atoms with E-state index in [9.17, 15) is 0 Å². The van der Waals surface area contributed by atoms with E-state index in [1.54, 1.807) is 7.11 Å². The Morgan fingerprint density at radius 3 is 2.43 bits per heavy atom. The molecule has 0 fully saturated rings. The van der Waals surface area contributed by atoms with Crippen LogP contribution < -0.4 is 15.4 Å². The molecule has 0 unspecified atom stereocenters. The molecule has 0 saturated carbocycles. The molecule has 0 amide bonds. The highest BCUT2D eigenvalue weighted by Gasteiger charge is 2.06. The van der Waals surface area contributed by atoms with Crippen LogP contribution in [0.1, 0.15) is 23.6 Å². The molecule has 144 valence electrons. The Bertz CT molecular complexity index is 948. The lowest BCUT2D eigenvalue weighted by molar-refractivity contribution is 0.410. The first-order valence-electron chi connectivity index (χ1n) is 9.62. The van der Waals surface area contributed by atoms with Gasteiger partial charge in [0.05, 0.1) is 13.8 Å². The SMILES string of the molecule is C=C(NCNc1ccc(-c2ccccc2)cc1C)c1ccc(CC)c(OC)c1. The standard InChI is InChI=1S/C25H28N2O/c1-5-20-11-12-22(16-25(20)28-4)19(3)26-17-27-24-14-13-23(15-18(24)2)21-9-7-6-8-10-21/h6-16,26-27H,3,5,17H2,1-2,4H3. The van der Waals surface area contributed by atoms with Crippen LogP contribution in [0.3, 0.4) is 0 Å². The summed E-state index contributed by atoms with van der Waals surface area (Å²) in [6, 6.07) is 23.1. The van der Waals surface area contributed by atoms with Gasteiger partial charge in [-0.1, -0.05) is 62.0 Å². The smallest absolute Gasteiger partial charge is 0.122 e. The topological polar surface area (TPSA) is 33.3 Å². The van der Waals surface area contributed by atoms with Crippen LogP contribution in [0.25, 0.3) is 16.8 Å². The van der Waals surface area contributed by atoms with Gasteiger partial charge in [0.1, 0.15) is 5.75 Å². The van der Waals surface area contributed by atoms with Gasteiger partial charge in [0.2, 0.25) is 0 Å². The third-order valence-electron chi connectivity index (χ3n) is 4.93. The van der Waals surface area contributed by atoms with Crippen molar-refractivity contribution in [2.45, 2.75) is 20.3 Å². The van der Waals surface area contributed by atoms with Crippen LogP contribution in [0.2, 0.25) is 0 Å². The molecule has 0 aromatic heterocycles. The van der Waals surface area contributed by atoms with Gasteiger partial charge in [0, 0.05) is 16.9 Å². The van der Waals surface area contributed by atoms with Gasteiger partial charge < -0.3 is 15.4 Å². The first kappa shape index (κ1) is 19.6. The third-order valence-corrected chi connectivity index (χ3v) is 4.93. The summed E-state index contributed by atoms with van der Waals surface area (Å²) in [4.78, 5) is 0. The fourth-order valence-electron chi connectivity index (χ4n) is 3.24. The molecule has 2 N–H and O–H groups in total. The van der Waals surface area contributed by atoms with Crippen molar-refractivity contribution in [3.63, 3.8) is 0 Å². The number of anilines is 1. The number of nitrogens with one attached hydrogen (secondary N) is 2. The zero-order chi connectivity index (χ0) is 19.9. The summed E-state index contributed by atoms with van der Waals surface area (Å²) in [6.45, 7) is 9.00. The Balaban J connectivity index is 1.61. The van der Waals surface area contributed by atoms with Crippen molar-refractivity contribution >= 4 is 11.4 Å². The minimum Gasteiger partial charge on any atom is -0.496 e. The zero-order valence-electron chi connectivity index (χ0n) is 16.9. The van der Waals surface area contributed by atoms with Crippen molar-refractivity contribution in [3.05, 3.63) is 90.0 Å². The Morgan fingerprint density at radius 2 is 1.75 bits per heavy atom. The number of hydrogen-bond acceptors (Lipinski definition) is 3. The van der Waals surface area contributed by atoms with Crippen LogP contribution >= 0.6 is 0 Å². The molecule has 28 heavy (non-hydrogen) atoms. The maximum absolute atomic E-state index is 5.48. The molecule has 0 saturated heterocycles. The van der Waals surface area contributed by atoms with E-state index in [0.29, 0.717) is 6.67 Å². The maximum Gasteiger partial charge on any atom is 0.122 e. The summed E-state index contributed by atoms with van der Waals surface area (Å²) in [6.07, 6.45) is 0.948. The molecule has 3 aromatic rings. The van der Waals surface area contributed by atoms with Crippen molar-refractivity contribution in [1.82, 2.24) is 5.32 Å². The van der Waals surface area contributed by atoms with Crippen molar-refractivity contribution in [1.29, 1.82) is 0 Å². The molecule has 0 aliphatic carbocycles. The van der Waals surface area contributed by atoms with Gasteiger partial charge in [-0.2, -0.15) is 0 Å². The van der Waals surface area contributed by atoms with Crippen LogP contribution in [0, 0.1) is 6.92 Å². The average Bonchev–Trinajstić information content (AvgIpc) is 2.74. The number of ether oxygens (including phenoxy) is 1. The molecule has 0 heterocycles. The van der Waals surface area contributed by atoms with Gasteiger partial charge in [-0.15, -0.1) is 0 Å². The minimum absolute atomic E-state index is 0.599. The van der Waals surface area contributed by atoms with Gasteiger partial charge in [-0.25, -0.2) is 0 Å². The van der Waals surface area contributed by atoms with Crippen molar-refractivity contribution in [3.8, 4) is 16.9 Å². The normalized spacial score (nSPS) is 10.4. The number of hydrogen-bond donors (Lipinski definition) is 2. The van der Waals surface area contributed by atoms with Gasteiger partial charge in [-0.3, -0.25) is 0 Å². The summed E-state index contributed by atoms with van der Waals surface area (Å²) in [5.41, 5.74) is 7.88. The van der Waals surface area contributed by atoms with Gasteiger partial charge in [0.15, 0.2) is 0 Å². The predicted octanol–water partition coefficient (Wildman–Crippen LogP) is 5.86. The molecule has 0 atom stereocenters. The Morgan fingerprint density at radius 1 is 0.964 bits per heavy atom.